The molecule has 0 spiro atoms. The van der Waals surface area contributed by atoms with E-state index >= 15 is 0 Å². The molecule has 1 aromatic carbocycles. The van der Waals surface area contributed by atoms with Crippen LogP contribution in [0.4, 0.5) is 5.69 Å². The molecule has 0 bridgehead atoms. The van der Waals surface area contributed by atoms with Crippen molar-refractivity contribution < 1.29 is 18.1 Å². The van der Waals surface area contributed by atoms with E-state index in [0.717, 1.165) is 12.0 Å². The molecule has 106 valence electrons. The van der Waals surface area contributed by atoms with Crippen molar-refractivity contribution in [2.24, 2.45) is 5.41 Å². The number of hydrogen-bond donors (Lipinski definition) is 3. The molecule has 1 heterocycles. The van der Waals surface area contributed by atoms with Gasteiger partial charge in [-0.05, 0) is 35.4 Å². The van der Waals surface area contributed by atoms with Gasteiger partial charge in [0.1, 0.15) is 4.90 Å². The minimum absolute atomic E-state index is 0.0291. The van der Waals surface area contributed by atoms with Crippen molar-refractivity contribution in [1.82, 2.24) is 0 Å². The van der Waals surface area contributed by atoms with Crippen LogP contribution >= 0.6 is 0 Å². The fraction of sp³-hybridized carbons (Fsp3) is 0.538. The first-order chi connectivity index (χ1) is 8.73. The Morgan fingerprint density at radius 2 is 2.05 bits per heavy atom. The Balaban J connectivity index is 2.59. The summed E-state index contributed by atoms with van der Waals surface area (Å²) in [5.41, 5.74) is 2.10. The van der Waals surface area contributed by atoms with Crippen LogP contribution in [0.15, 0.2) is 17.0 Å². The van der Waals surface area contributed by atoms with E-state index in [4.69, 9.17) is 5.11 Å². The number of fused-ring (bicyclic) bond motifs is 1. The van der Waals surface area contributed by atoms with Gasteiger partial charge >= 0.3 is 0 Å². The van der Waals surface area contributed by atoms with Crippen molar-refractivity contribution in [3.05, 3.63) is 23.3 Å². The Labute approximate surface area is 113 Å². The maximum absolute atomic E-state index is 11.5. The standard InChI is InChI=1S/C13H19NO4S/c1-13(2)7-10-5-9(3-4-15)6-11(19(16,17)18)12(10)14-8-13/h5-6,14-15H,3-4,7-8H2,1-2H3,(H,16,17,18). The van der Waals surface area contributed by atoms with Gasteiger partial charge in [-0.3, -0.25) is 4.55 Å². The lowest BCUT2D eigenvalue weighted by molar-refractivity contribution is 0.299. The second kappa shape index (κ2) is 4.77. The van der Waals surface area contributed by atoms with E-state index in [1.165, 1.54) is 6.07 Å². The smallest absolute Gasteiger partial charge is 0.296 e. The molecule has 1 aliphatic heterocycles. The summed E-state index contributed by atoms with van der Waals surface area (Å²) in [7, 11) is -4.27. The monoisotopic (exact) mass is 285 g/mol. The predicted molar refractivity (Wildman–Crippen MR) is 73.0 cm³/mol. The fourth-order valence-electron chi connectivity index (χ4n) is 2.46. The Kier molecular flexibility index (Phi) is 3.59. The number of hydrogen-bond acceptors (Lipinski definition) is 4. The van der Waals surface area contributed by atoms with E-state index in [-0.39, 0.29) is 16.9 Å². The van der Waals surface area contributed by atoms with Gasteiger partial charge in [0.25, 0.3) is 10.1 Å². The average Bonchev–Trinajstić information content (AvgIpc) is 2.25. The molecule has 1 aromatic rings. The third kappa shape index (κ3) is 3.08. The van der Waals surface area contributed by atoms with E-state index in [1.807, 2.05) is 6.07 Å². The molecule has 0 unspecified atom stereocenters. The Hall–Kier alpha value is -1.11. The quantitative estimate of drug-likeness (QED) is 0.732. The number of aliphatic hydroxyl groups is 1. The van der Waals surface area contributed by atoms with E-state index in [2.05, 4.69) is 19.2 Å². The van der Waals surface area contributed by atoms with E-state index in [0.29, 0.717) is 24.2 Å². The van der Waals surface area contributed by atoms with Crippen molar-refractivity contribution in [2.75, 3.05) is 18.5 Å². The molecular weight excluding hydrogens is 266 g/mol. The normalized spacial score (nSPS) is 17.7. The number of nitrogens with one attached hydrogen (secondary N) is 1. The van der Waals surface area contributed by atoms with Crippen LogP contribution in [0.5, 0.6) is 0 Å². The molecule has 0 saturated heterocycles. The van der Waals surface area contributed by atoms with Gasteiger partial charge in [-0.15, -0.1) is 0 Å². The molecule has 6 heteroatoms. The second-order valence-corrected chi connectivity index (χ2v) is 7.16. The van der Waals surface area contributed by atoms with Crippen LogP contribution in [0.2, 0.25) is 0 Å². The molecular formula is C13H19NO4S. The topological polar surface area (TPSA) is 86.6 Å². The summed E-state index contributed by atoms with van der Waals surface area (Å²) in [5, 5.41) is 12.1. The summed E-state index contributed by atoms with van der Waals surface area (Å²) in [6, 6.07) is 3.32. The van der Waals surface area contributed by atoms with Gasteiger partial charge in [0.2, 0.25) is 0 Å². The lowest BCUT2D eigenvalue weighted by Gasteiger charge is -2.33. The number of anilines is 1. The van der Waals surface area contributed by atoms with Crippen LogP contribution in [0.1, 0.15) is 25.0 Å². The van der Waals surface area contributed by atoms with Gasteiger partial charge in [0.15, 0.2) is 0 Å². The molecule has 19 heavy (non-hydrogen) atoms. The molecule has 0 amide bonds. The Morgan fingerprint density at radius 1 is 1.37 bits per heavy atom. The van der Waals surface area contributed by atoms with Crippen molar-refractivity contribution in [2.45, 2.75) is 31.6 Å². The summed E-state index contributed by atoms with van der Waals surface area (Å²) in [4.78, 5) is -0.0936. The second-order valence-electron chi connectivity index (χ2n) is 5.77. The maximum atomic E-state index is 11.5. The zero-order valence-corrected chi connectivity index (χ0v) is 11.9. The predicted octanol–water partition coefficient (Wildman–Crippen LogP) is 1.46. The van der Waals surface area contributed by atoms with E-state index < -0.39 is 10.1 Å². The number of benzene rings is 1. The third-order valence-corrected chi connectivity index (χ3v) is 4.21. The average molecular weight is 285 g/mol. The van der Waals surface area contributed by atoms with Crippen LogP contribution in [-0.2, 0) is 23.0 Å². The first-order valence-electron chi connectivity index (χ1n) is 6.21. The van der Waals surface area contributed by atoms with Gasteiger partial charge in [-0.25, -0.2) is 0 Å². The van der Waals surface area contributed by atoms with Crippen molar-refractivity contribution in [1.29, 1.82) is 0 Å². The molecule has 0 radical (unpaired) electrons. The highest BCUT2D eigenvalue weighted by Gasteiger charge is 2.29. The molecule has 0 fully saturated rings. The number of rotatable bonds is 3. The summed E-state index contributed by atoms with van der Waals surface area (Å²) in [6.45, 7) is 4.78. The third-order valence-electron chi connectivity index (χ3n) is 3.33. The van der Waals surface area contributed by atoms with Gasteiger partial charge in [0.05, 0.1) is 5.69 Å². The summed E-state index contributed by atoms with van der Waals surface area (Å²) in [6.07, 6.45) is 1.10. The summed E-state index contributed by atoms with van der Waals surface area (Å²) >= 11 is 0. The van der Waals surface area contributed by atoms with E-state index in [1.54, 1.807) is 0 Å². The molecule has 2 rings (SSSR count). The Bertz CT molecular complexity index is 593. The summed E-state index contributed by atoms with van der Waals surface area (Å²) in [5.74, 6) is 0. The minimum atomic E-state index is -4.27. The van der Waals surface area contributed by atoms with E-state index in [9.17, 15) is 13.0 Å². The first-order valence-corrected chi connectivity index (χ1v) is 7.65. The highest BCUT2D eigenvalue weighted by molar-refractivity contribution is 7.86. The van der Waals surface area contributed by atoms with Crippen LogP contribution in [0.25, 0.3) is 0 Å². The number of aliphatic hydroxyl groups excluding tert-OH is 1. The molecule has 0 aliphatic carbocycles. The van der Waals surface area contributed by atoms with Crippen LogP contribution < -0.4 is 5.32 Å². The Morgan fingerprint density at radius 3 is 2.63 bits per heavy atom. The first kappa shape index (κ1) is 14.3. The molecule has 1 aliphatic rings. The molecule has 0 aromatic heterocycles. The summed E-state index contributed by atoms with van der Waals surface area (Å²) < 4.78 is 32.3. The van der Waals surface area contributed by atoms with Crippen LogP contribution in [0, 0.1) is 5.41 Å². The molecule has 0 atom stereocenters. The zero-order chi connectivity index (χ0) is 14.3. The van der Waals surface area contributed by atoms with Crippen molar-refractivity contribution >= 4 is 15.8 Å². The molecule has 0 saturated carbocycles. The van der Waals surface area contributed by atoms with Gasteiger partial charge < -0.3 is 10.4 Å². The van der Waals surface area contributed by atoms with Crippen LogP contribution in [0.3, 0.4) is 0 Å². The van der Waals surface area contributed by atoms with Crippen LogP contribution in [-0.4, -0.2) is 31.2 Å². The van der Waals surface area contributed by atoms with Gasteiger partial charge in [0, 0.05) is 13.2 Å². The largest absolute Gasteiger partial charge is 0.396 e. The van der Waals surface area contributed by atoms with Gasteiger partial charge in [-0.2, -0.15) is 8.42 Å². The molecule has 5 nitrogen and oxygen atoms in total. The van der Waals surface area contributed by atoms with Crippen molar-refractivity contribution in [3.63, 3.8) is 0 Å². The highest BCUT2D eigenvalue weighted by atomic mass is 32.2. The fourth-order valence-corrected chi connectivity index (χ4v) is 3.22. The van der Waals surface area contributed by atoms with Gasteiger partial charge in [-0.1, -0.05) is 19.9 Å². The SMILES string of the molecule is CC1(C)CNc2c(cc(CCO)cc2S(=O)(=O)O)C1. The lowest BCUT2D eigenvalue weighted by atomic mass is 9.81. The minimum Gasteiger partial charge on any atom is -0.396 e. The van der Waals surface area contributed by atoms with Crippen molar-refractivity contribution in [3.8, 4) is 0 Å². The lowest BCUT2D eigenvalue weighted by Crippen LogP contribution is -2.31. The molecule has 3 N–H and O–H groups in total. The zero-order valence-electron chi connectivity index (χ0n) is 11.1. The maximum Gasteiger partial charge on any atom is 0.296 e. The highest BCUT2D eigenvalue weighted by Crippen LogP contribution is 2.37.